The lowest BCUT2D eigenvalue weighted by molar-refractivity contribution is -0.125. The number of hydrogen-bond acceptors (Lipinski definition) is 7. The second-order valence-corrected chi connectivity index (χ2v) is 12.3. The summed E-state index contributed by atoms with van der Waals surface area (Å²) in [6, 6.07) is 13.1. The molecule has 43 heavy (non-hydrogen) atoms. The molecule has 0 saturated carbocycles. The fourth-order valence-corrected chi connectivity index (χ4v) is 7.45. The van der Waals surface area contributed by atoms with Gasteiger partial charge in [-0.2, -0.15) is 5.10 Å². The van der Waals surface area contributed by atoms with Crippen molar-refractivity contribution in [3.8, 4) is 28.1 Å². The van der Waals surface area contributed by atoms with Gasteiger partial charge in [0.25, 0.3) is 0 Å². The van der Waals surface area contributed by atoms with Gasteiger partial charge in [-0.1, -0.05) is 12.6 Å². The summed E-state index contributed by atoms with van der Waals surface area (Å²) in [5.41, 5.74) is 4.67. The molecule has 5 aromatic rings. The number of fused-ring (bicyclic) bond motifs is 2. The van der Waals surface area contributed by atoms with Crippen LogP contribution in [0.5, 0.6) is 5.75 Å². The molecular weight excluding hydrogens is 565 g/mol. The Balaban J connectivity index is 1.37. The molecule has 2 aliphatic rings. The van der Waals surface area contributed by atoms with Gasteiger partial charge in [0.15, 0.2) is 0 Å². The number of carbonyl (C=O) groups is 1. The first-order chi connectivity index (χ1) is 20.9. The number of benzene rings is 2. The molecule has 2 aliphatic heterocycles. The van der Waals surface area contributed by atoms with Crippen molar-refractivity contribution >= 4 is 44.1 Å². The monoisotopic (exact) mass is 597 g/mol. The number of likely N-dealkylation sites (tertiary alicyclic amines) is 1. The zero-order chi connectivity index (χ0) is 29.7. The lowest BCUT2D eigenvalue weighted by atomic mass is 9.78. The first-order valence-electron chi connectivity index (χ1n) is 14.3. The smallest absolute Gasteiger partial charge is 0.245 e. The Morgan fingerprint density at radius 2 is 2.02 bits per heavy atom. The molecule has 7 rings (SSSR count). The van der Waals surface area contributed by atoms with Gasteiger partial charge in [0.2, 0.25) is 5.91 Å². The minimum atomic E-state index is -0.365. The zero-order valence-corrected chi connectivity index (χ0v) is 25.0. The van der Waals surface area contributed by atoms with E-state index in [0.29, 0.717) is 25.5 Å². The Morgan fingerprint density at radius 1 is 1.16 bits per heavy atom. The average Bonchev–Trinajstić information content (AvgIpc) is 3.75. The Bertz CT molecular complexity index is 1880. The normalized spacial score (nSPS) is 15.9. The van der Waals surface area contributed by atoms with E-state index in [2.05, 4.69) is 46.2 Å². The molecule has 0 unspecified atom stereocenters. The van der Waals surface area contributed by atoms with Gasteiger partial charge in [0, 0.05) is 84.0 Å². The number of ether oxygens (including phenoxy) is 2. The lowest BCUT2D eigenvalue weighted by Gasteiger charge is -2.49. The molecule has 1 spiro atoms. The summed E-state index contributed by atoms with van der Waals surface area (Å²) in [4.78, 5) is 21.9. The summed E-state index contributed by atoms with van der Waals surface area (Å²) in [6.45, 7) is 7.33. The van der Waals surface area contributed by atoms with Crippen LogP contribution in [-0.4, -0.2) is 72.1 Å². The Morgan fingerprint density at radius 3 is 2.84 bits per heavy atom. The Labute approximate surface area is 252 Å². The first-order valence-corrected chi connectivity index (χ1v) is 15.2. The largest absolute Gasteiger partial charge is 0.490 e. The molecular formula is C33H32FN5O3S. The lowest BCUT2D eigenvalue weighted by Crippen LogP contribution is -2.58. The maximum Gasteiger partial charge on any atom is 0.245 e. The van der Waals surface area contributed by atoms with Crippen LogP contribution >= 0.6 is 11.3 Å². The standard InChI is InChI=1S/C33H32FN5O3S/c1-4-28(40)38-11-10-33(18-38)19-39(20-33)32-29(24-7-6-23(34)16-27(24)42-13-12-41-3)31-25(9-14-43-31)30(36-32)21-5-8-26-22(15-21)17-35-37(26)2/h4-9,14-17H,1,10-13,18-20H2,2-3H3. The maximum absolute atomic E-state index is 14.5. The minimum Gasteiger partial charge on any atom is -0.490 e. The number of carbonyl (C=O) groups excluding carboxylic acids is 1. The number of rotatable bonds is 8. The van der Waals surface area contributed by atoms with Crippen LogP contribution in [0.25, 0.3) is 43.4 Å². The molecule has 0 radical (unpaired) electrons. The van der Waals surface area contributed by atoms with Crippen molar-refractivity contribution < 1.29 is 18.7 Å². The van der Waals surface area contributed by atoms with Gasteiger partial charge < -0.3 is 19.3 Å². The SMILES string of the molecule is C=CC(=O)N1CCC2(C1)CN(c1nc(-c3ccc4c(cnn4C)c3)c3ccsc3c1-c1ccc(F)cc1OCCOC)C2. The van der Waals surface area contributed by atoms with E-state index in [0.717, 1.165) is 75.2 Å². The molecule has 10 heteroatoms. The molecule has 2 saturated heterocycles. The molecule has 0 atom stereocenters. The van der Waals surface area contributed by atoms with Crippen molar-refractivity contribution in [2.24, 2.45) is 12.5 Å². The Kier molecular flexibility index (Phi) is 6.90. The molecule has 5 heterocycles. The number of thiophene rings is 1. The molecule has 3 aromatic heterocycles. The van der Waals surface area contributed by atoms with E-state index in [1.165, 1.54) is 18.2 Å². The highest BCUT2D eigenvalue weighted by atomic mass is 32.1. The van der Waals surface area contributed by atoms with Crippen molar-refractivity contribution in [1.29, 1.82) is 0 Å². The topological polar surface area (TPSA) is 72.7 Å². The fraction of sp³-hybridized carbons (Fsp3) is 0.303. The number of amides is 1. The second kappa shape index (κ2) is 10.8. The van der Waals surface area contributed by atoms with E-state index < -0.39 is 0 Å². The number of aromatic nitrogens is 3. The number of nitrogens with zero attached hydrogens (tertiary/aromatic N) is 5. The van der Waals surface area contributed by atoms with Crippen LogP contribution in [0.4, 0.5) is 10.2 Å². The van der Waals surface area contributed by atoms with E-state index in [4.69, 9.17) is 14.5 Å². The van der Waals surface area contributed by atoms with E-state index in [1.807, 2.05) is 22.8 Å². The number of halogens is 1. The molecule has 2 aromatic carbocycles. The number of anilines is 1. The number of hydrogen-bond donors (Lipinski definition) is 0. The highest BCUT2D eigenvalue weighted by molar-refractivity contribution is 7.18. The van der Waals surface area contributed by atoms with Gasteiger partial charge in [-0.05, 0) is 48.2 Å². The molecule has 2 fully saturated rings. The van der Waals surface area contributed by atoms with Gasteiger partial charge in [-0.15, -0.1) is 11.3 Å². The maximum atomic E-state index is 14.5. The van der Waals surface area contributed by atoms with Crippen molar-refractivity contribution in [3.05, 3.63) is 72.5 Å². The number of methoxy groups -OCH3 is 1. The third-order valence-corrected chi connectivity index (χ3v) is 9.57. The van der Waals surface area contributed by atoms with Crippen molar-refractivity contribution in [2.75, 3.05) is 51.4 Å². The highest BCUT2D eigenvalue weighted by Crippen LogP contribution is 2.50. The molecule has 220 valence electrons. The number of pyridine rings is 1. The van der Waals surface area contributed by atoms with Crippen LogP contribution in [0, 0.1) is 11.2 Å². The van der Waals surface area contributed by atoms with E-state index in [-0.39, 0.29) is 17.1 Å². The van der Waals surface area contributed by atoms with E-state index in [1.54, 1.807) is 24.5 Å². The second-order valence-electron chi connectivity index (χ2n) is 11.4. The van der Waals surface area contributed by atoms with E-state index in [9.17, 15) is 9.18 Å². The summed E-state index contributed by atoms with van der Waals surface area (Å²) in [5.74, 6) is 0.901. The Hall–Kier alpha value is -4.28. The van der Waals surface area contributed by atoms with Crippen LogP contribution in [0.15, 0.2) is 66.7 Å². The molecule has 0 aliphatic carbocycles. The summed E-state index contributed by atoms with van der Waals surface area (Å²) in [5, 5.41) is 8.57. The number of aryl methyl sites for hydroxylation is 1. The molecule has 1 amide bonds. The summed E-state index contributed by atoms with van der Waals surface area (Å²) < 4.78 is 28.7. The van der Waals surface area contributed by atoms with Crippen LogP contribution in [0.2, 0.25) is 0 Å². The van der Waals surface area contributed by atoms with Crippen LogP contribution in [0.1, 0.15) is 6.42 Å². The van der Waals surface area contributed by atoms with Gasteiger partial charge in [-0.25, -0.2) is 9.37 Å². The summed E-state index contributed by atoms with van der Waals surface area (Å²) in [7, 11) is 3.55. The first kappa shape index (κ1) is 27.5. The molecule has 0 N–H and O–H groups in total. The van der Waals surface area contributed by atoms with Crippen molar-refractivity contribution in [2.45, 2.75) is 6.42 Å². The summed E-state index contributed by atoms with van der Waals surface area (Å²) >= 11 is 1.64. The predicted octanol–water partition coefficient (Wildman–Crippen LogP) is 5.91. The van der Waals surface area contributed by atoms with Gasteiger partial charge >= 0.3 is 0 Å². The third kappa shape index (κ3) is 4.74. The van der Waals surface area contributed by atoms with Crippen LogP contribution in [-0.2, 0) is 16.6 Å². The van der Waals surface area contributed by atoms with Crippen molar-refractivity contribution in [1.82, 2.24) is 19.7 Å². The highest BCUT2D eigenvalue weighted by Gasteiger charge is 2.49. The molecule has 0 bridgehead atoms. The van der Waals surface area contributed by atoms with Gasteiger partial charge in [0.1, 0.15) is 24.0 Å². The minimum absolute atomic E-state index is 0.0113. The molecule has 8 nitrogen and oxygen atoms in total. The summed E-state index contributed by atoms with van der Waals surface area (Å²) in [6.07, 6.45) is 4.20. The fourth-order valence-electron chi connectivity index (χ4n) is 6.50. The van der Waals surface area contributed by atoms with E-state index >= 15 is 0 Å². The van der Waals surface area contributed by atoms with Gasteiger partial charge in [-0.3, -0.25) is 9.48 Å². The van der Waals surface area contributed by atoms with Crippen LogP contribution < -0.4 is 9.64 Å². The van der Waals surface area contributed by atoms with Gasteiger partial charge in [0.05, 0.1) is 24.0 Å². The quantitative estimate of drug-likeness (QED) is 0.164. The average molecular weight is 598 g/mol. The zero-order valence-electron chi connectivity index (χ0n) is 24.2. The van der Waals surface area contributed by atoms with Crippen LogP contribution in [0.3, 0.4) is 0 Å². The third-order valence-electron chi connectivity index (χ3n) is 8.64. The predicted molar refractivity (Wildman–Crippen MR) is 168 cm³/mol. The van der Waals surface area contributed by atoms with Crippen molar-refractivity contribution in [3.63, 3.8) is 0 Å².